The zero-order valence-electron chi connectivity index (χ0n) is 12.8. The van der Waals surface area contributed by atoms with E-state index < -0.39 is 0 Å². The van der Waals surface area contributed by atoms with Gasteiger partial charge in [0.2, 0.25) is 0 Å². The van der Waals surface area contributed by atoms with Crippen LogP contribution in [0.15, 0.2) is 6.20 Å². The molecule has 0 radical (unpaired) electrons. The number of hydrogen-bond donors (Lipinski definition) is 1. The molecule has 1 aromatic rings. The smallest absolute Gasteiger partial charge is 0.109 e. The Kier molecular flexibility index (Phi) is 4.13. The predicted octanol–water partition coefficient (Wildman–Crippen LogP) is 1.71. The molecule has 3 heterocycles. The number of fused-ring (bicyclic) bond motifs is 1. The van der Waals surface area contributed by atoms with Crippen LogP contribution in [0.4, 0.5) is 0 Å². The average Bonchev–Trinajstić information content (AvgIpc) is 3.06. The first kappa shape index (κ1) is 14.1. The Bertz CT molecular complexity index is 455. The summed E-state index contributed by atoms with van der Waals surface area (Å²) in [4.78, 5) is 7.24. The lowest BCUT2D eigenvalue weighted by Crippen LogP contribution is -2.28. The van der Waals surface area contributed by atoms with E-state index in [1.54, 1.807) is 0 Å². The Balaban J connectivity index is 1.64. The van der Waals surface area contributed by atoms with Gasteiger partial charge in [0.25, 0.3) is 0 Å². The van der Waals surface area contributed by atoms with Crippen LogP contribution < -0.4 is 0 Å². The highest BCUT2D eigenvalue weighted by Crippen LogP contribution is 2.26. The summed E-state index contributed by atoms with van der Waals surface area (Å²) < 4.78 is 2.41. The van der Waals surface area contributed by atoms with Crippen molar-refractivity contribution in [1.82, 2.24) is 14.5 Å². The van der Waals surface area contributed by atoms with Gasteiger partial charge in [-0.25, -0.2) is 4.98 Å². The van der Waals surface area contributed by atoms with Crippen LogP contribution >= 0.6 is 0 Å². The van der Waals surface area contributed by atoms with Gasteiger partial charge in [0, 0.05) is 44.0 Å². The molecule has 2 unspecified atom stereocenters. The molecule has 112 valence electrons. The lowest BCUT2D eigenvalue weighted by Gasteiger charge is -2.24. The van der Waals surface area contributed by atoms with Gasteiger partial charge < -0.3 is 14.6 Å². The SMILES string of the molecule is CC(C)N1CCC(Cc2ncc3n2CCC(CO)C3)C1. The molecule has 1 aromatic heterocycles. The molecule has 0 bridgehead atoms. The molecule has 20 heavy (non-hydrogen) atoms. The second-order valence-electron chi connectivity index (χ2n) is 6.81. The first-order chi connectivity index (χ1) is 9.67. The zero-order chi connectivity index (χ0) is 14.1. The maximum atomic E-state index is 9.30. The molecule has 1 N–H and O–H groups in total. The number of likely N-dealkylation sites (tertiary alicyclic amines) is 1. The van der Waals surface area contributed by atoms with Gasteiger partial charge in [-0.05, 0) is 51.5 Å². The minimum absolute atomic E-state index is 0.312. The number of aromatic nitrogens is 2. The standard InChI is InChI=1S/C16H27N3O/c1-12(2)18-5-3-13(10-18)8-16-17-9-15-7-14(11-20)4-6-19(15)16/h9,12-14,20H,3-8,10-11H2,1-2H3. The molecule has 4 nitrogen and oxygen atoms in total. The van der Waals surface area contributed by atoms with Crippen LogP contribution in [0.25, 0.3) is 0 Å². The fourth-order valence-corrected chi connectivity index (χ4v) is 3.67. The number of aliphatic hydroxyl groups is 1. The molecular formula is C16H27N3O. The topological polar surface area (TPSA) is 41.3 Å². The highest BCUT2D eigenvalue weighted by Gasteiger charge is 2.27. The van der Waals surface area contributed by atoms with Crippen molar-refractivity contribution < 1.29 is 5.11 Å². The third-order valence-electron chi connectivity index (χ3n) is 5.06. The van der Waals surface area contributed by atoms with Crippen LogP contribution in [0, 0.1) is 11.8 Å². The average molecular weight is 277 g/mol. The van der Waals surface area contributed by atoms with Crippen LogP contribution in [0.1, 0.15) is 38.2 Å². The molecule has 1 fully saturated rings. The van der Waals surface area contributed by atoms with Gasteiger partial charge in [0.05, 0.1) is 0 Å². The molecule has 0 saturated carbocycles. The van der Waals surface area contributed by atoms with Crippen LogP contribution in [-0.4, -0.2) is 45.3 Å². The molecule has 0 spiro atoms. The molecule has 0 amide bonds. The van der Waals surface area contributed by atoms with E-state index in [0.29, 0.717) is 18.6 Å². The minimum Gasteiger partial charge on any atom is -0.396 e. The van der Waals surface area contributed by atoms with E-state index in [1.807, 2.05) is 6.20 Å². The highest BCUT2D eigenvalue weighted by molar-refractivity contribution is 5.10. The Morgan fingerprint density at radius 3 is 2.80 bits per heavy atom. The van der Waals surface area contributed by atoms with Crippen molar-refractivity contribution in [3.05, 3.63) is 17.7 Å². The molecular weight excluding hydrogens is 250 g/mol. The molecule has 2 aliphatic heterocycles. The summed E-state index contributed by atoms with van der Waals surface area (Å²) in [6, 6.07) is 0.666. The summed E-state index contributed by atoms with van der Waals surface area (Å²) in [5, 5.41) is 9.30. The van der Waals surface area contributed by atoms with Gasteiger partial charge in [0.15, 0.2) is 0 Å². The lowest BCUT2D eigenvalue weighted by molar-refractivity contribution is 0.199. The number of aliphatic hydroxyl groups excluding tert-OH is 1. The van der Waals surface area contributed by atoms with Crippen molar-refractivity contribution in [2.24, 2.45) is 11.8 Å². The minimum atomic E-state index is 0.312. The second-order valence-corrected chi connectivity index (χ2v) is 6.81. The fourth-order valence-electron chi connectivity index (χ4n) is 3.67. The van der Waals surface area contributed by atoms with E-state index in [-0.39, 0.29) is 0 Å². The number of nitrogens with zero attached hydrogens (tertiary/aromatic N) is 3. The second kappa shape index (κ2) is 5.86. The Morgan fingerprint density at radius 1 is 1.30 bits per heavy atom. The Labute approximate surface area is 121 Å². The van der Waals surface area contributed by atoms with E-state index in [2.05, 4.69) is 28.3 Å². The van der Waals surface area contributed by atoms with Crippen molar-refractivity contribution in [3.63, 3.8) is 0 Å². The monoisotopic (exact) mass is 277 g/mol. The molecule has 3 rings (SSSR count). The van der Waals surface area contributed by atoms with E-state index in [4.69, 9.17) is 0 Å². The van der Waals surface area contributed by atoms with Gasteiger partial charge in [-0.3, -0.25) is 0 Å². The van der Waals surface area contributed by atoms with E-state index >= 15 is 0 Å². The fraction of sp³-hybridized carbons (Fsp3) is 0.812. The highest BCUT2D eigenvalue weighted by atomic mass is 16.3. The molecule has 2 aliphatic rings. The predicted molar refractivity (Wildman–Crippen MR) is 79.6 cm³/mol. The summed E-state index contributed by atoms with van der Waals surface area (Å²) in [6.45, 7) is 8.38. The summed E-state index contributed by atoms with van der Waals surface area (Å²) in [7, 11) is 0. The van der Waals surface area contributed by atoms with Gasteiger partial charge in [-0.1, -0.05) is 0 Å². The summed E-state index contributed by atoms with van der Waals surface area (Å²) in [5.41, 5.74) is 1.32. The van der Waals surface area contributed by atoms with E-state index in [9.17, 15) is 5.11 Å². The Morgan fingerprint density at radius 2 is 2.10 bits per heavy atom. The maximum absolute atomic E-state index is 9.30. The third-order valence-corrected chi connectivity index (χ3v) is 5.06. The van der Waals surface area contributed by atoms with E-state index in [1.165, 1.54) is 31.0 Å². The van der Waals surface area contributed by atoms with E-state index in [0.717, 1.165) is 31.7 Å². The first-order valence-electron chi connectivity index (χ1n) is 8.05. The van der Waals surface area contributed by atoms with Gasteiger partial charge >= 0.3 is 0 Å². The molecule has 1 saturated heterocycles. The largest absolute Gasteiger partial charge is 0.396 e. The van der Waals surface area contributed by atoms with Crippen molar-refractivity contribution in [1.29, 1.82) is 0 Å². The zero-order valence-corrected chi connectivity index (χ0v) is 12.8. The van der Waals surface area contributed by atoms with Gasteiger partial charge in [-0.15, -0.1) is 0 Å². The normalized spacial score (nSPS) is 27.2. The summed E-state index contributed by atoms with van der Waals surface area (Å²) in [6.07, 6.45) is 6.54. The van der Waals surface area contributed by atoms with Crippen LogP contribution in [0.2, 0.25) is 0 Å². The van der Waals surface area contributed by atoms with Gasteiger partial charge in [0.1, 0.15) is 5.82 Å². The lowest BCUT2D eigenvalue weighted by atomic mass is 9.97. The first-order valence-corrected chi connectivity index (χ1v) is 8.05. The Hall–Kier alpha value is -0.870. The van der Waals surface area contributed by atoms with Crippen LogP contribution in [0.5, 0.6) is 0 Å². The maximum Gasteiger partial charge on any atom is 0.109 e. The number of imidazole rings is 1. The summed E-state index contributed by atoms with van der Waals surface area (Å²) in [5.74, 6) is 2.47. The van der Waals surface area contributed by atoms with Crippen molar-refractivity contribution in [3.8, 4) is 0 Å². The van der Waals surface area contributed by atoms with Crippen molar-refractivity contribution >= 4 is 0 Å². The van der Waals surface area contributed by atoms with Crippen LogP contribution in [0.3, 0.4) is 0 Å². The van der Waals surface area contributed by atoms with Crippen LogP contribution in [-0.2, 0) is 19.4 Å². The number of hydrogen-bond acceptors (Lipinski definition) is 3. The van der Waals surface area contributed by atoms with Gasteiger partial charge in [-0.2, -0.15) is 0 Å². The molecule has 0 aliphatic carbocycles. The third kappa shape index (κ3) is 2.77. The molecule has 4 heteroatoms. The number of rotatable bonds is 4. The van der Waals surface area contributed by atoms with Crippen molar-refractivity contribution in [2.75, 3.05) is 19.7 Å². The summed E-state index contributed by atoms with van der Waals surface area (Å²) >= 11 is 0. The molecule has 2 atom stereocenters. The van der Waals surface area contributed by atoms with Crippen molar-refractivity contribution in [2.45, 2.75) is 52.1 Å². The molecule has 0 aromatic carbocycles. The quantitative estimate of drug-likeness (QED) is 0.911.